The predicted molar refractivity (Wildman–Crippen MR) is 147 cm³/mol. The number of aromatic amines is 2. The van der Waals surface area contributed by atoms with Gasteiger partial charge in [-0.15, -0.1) is 0 Å². The summed E-state index contributed by atoms with van der Waals surface area (Å²) < 4.78 is 0. The molecular formula is C30H27N7. The molecule has 0 radical (unpaired) electrons. The number of benzene rings is 1. The predicted octanol–water partition coefficient (Wildman–Crippen LogP) is 6.22. The van der Waals surface area contributed by atoms with Gasteiger partial charge >= 0.3 is 0 Å². The summed E-state index contributed by atoms with van der Waals surface area (Å²) in [5, 5.41) is 10.0. The molecule has 5 aromatic heterocycles. The van der Waals surface area contributed by atoms with Crippen LogP contribution < -0.4 is 0 Å². The minimum atomic E-state index is 0.839. The van der Waals surface area contributed by atoms with Crippen LogP contribution in [0, 0.1) is 0 Å². The highest BCUT2D eigenvalue weighted by Gasteiger charge is 2.16. The molecule has 1 aliphatic heterocycles. The third-order valence-electron chi connectivity index (χ3n) is 7.32. The number of nitrogens with zero attached hydrogens (tertiary/aromatic N) is 5. The molecule has 1 fully saturated rings. The summed E-state index contributed by atoms with van der Waals surface area (Å²) in [6.45, 7) is 3.31. The second-order valence-electron chi connectivity index (χ2n) is 9.79. The molecule has 0 unspecified atom stereocenters. The van der Waals surface area contributed by atoms with Gasteiger partial charge in [0.1, 0.15) is 11.3 Å². The Morgan fingerprint density at radius 3 is 2.54 bits per heavy atom. The van der Waals surface area contributed by atoms with Crippen molar-refractivity contribution in [2.75, 3.05) is 13.1 Å². The number of likely N-dealkylation sites (tertiary alicyclic amines) is 1. The van der Waals surface area contributed by atoms with Gasteiger partial charge in [-0.2, -0.15) is 5.10 Å². The monoisotopic (exact) mass is 485 g/mol. The molecule has 7 nitrogen and oxygen atoms in total. The quantitative estimate of drug-likeness (QED) is 0.303. The lowest BCUT2D eigenvalue weighted by Gasteiger charge is -2.26. The van der Waals surface area contributed by atoms with Gasteiger partial charge in [0.05, 0.1) is 11.2 Å². The van der Waals surface area contributed by atoms with Gasteiger partial charge in [0.25, 0.3) is 0 Å². The van der Waals surface area contributed by atoms with Crippen LogP contribution in [0.2, 0.25) is 0 Å². The highest BCUT2D eigenvalue weighted by Crippen LogP contribution is 2.34. The molecule has 7 heteroatoms. The van der Waals surface area contributed by atoms with E-state index in [9.17, 15) is 0 Å². The zero-order chi connectivity index (χ0) is 24.6. The van der Waals surface area contributed by atoms with Crippen LogP contribution in [0.25, 0.3) is 55.6 Å². The van der Waals surface area contributed by atoms with Crippen LogP contribution >= 0.6 is 0 Å². The molecule has 7 rings (SSSR count). The number of H-pyrrole nitrogens is 2. The maximum atomic E-state index is 4.68. The van der Waals surface area contributed by atoms with E-state index in [2.05, 4.69) is 65.4 Å². The number of rotatable bonds is 5. The van der Waals surface area contributed by atoms with Crippen LogP contribution in [-0.2, 0) is 6.54 Å². The Hall–Kier alpha value is -4.36. The minimum absolute atomic E-state index is 0.839. The Bertz CT molecular complexity index is 1690. The van der Waals surface area contributed by atoms with E-state index in [1.807, 2.05) is 49.2 Å². The smallest absolute Gasteiger partial charge is 0.138 e. The van der Waals surface area contributed by atoms with Gasteiger partial charge in [0, 0.05) is 53.9 Å². The average Bonchev–Trinajstić information content (AvgIpc) is 3.58. The van der Waals surface area contributed by atoms with E-state index in [1.54, 1.807) is 0 Å². The molecule has 0 amide bonds. The summed E-state index contributed by atoms with van der Waals surface area (Å²) >= 11 is 0. The molecule has 6 heterocycles. The van der Waals surface area contributed by atoms with Crippen LogP contribution in [0.3, 0.4) is 0 Å². The van der Waals surface area contributed by atoms with E-state index < -0.39 is 0 Å². The summed E-state index contributed by atoms with van der Waals surface area (Å²) in [5.74, 6) is 0. The van der Waals surface area contributed by atoms with Crippen LogP contribution in [0.4, 0.5) is 0 Å². The topological polar surface area (TPSA) is 86.4 Å². The zero-order valence-corrected chi connectivity index (χ0v) is 20.5. The molecule has 2 N–H and O–H groups in total. The lowest BCUT2D eigenvalue weighted by atomic mass is 10.0. The zero-order valence-electron chi connectivity index (χ0n) is 20.5. The van der Waals surface area contributed by atoms with Crippen molar-refractivity contribution in [3.8, 4) is 33.6 Å². The fourth-order valence-electron chi connectivity index (χ4n) is 5.44. The number of aromatic nitrogens is 6. The van der Waals surface area contributed by atoms with Gasteiger partial charge in [0.15, 0.2) is 0 Å². The fourth-order valence-corrected chi connectivity index (χ4v) is 5.44. The second-order valence-corrected chi connectivity index (χ2v) is 9.79. The Morgan fingerprint density at radius 1 is 0.757 bits per heavy atom. The van der Waals surface area contributed by atoms with Crippen LogP contribution in [0.1, 0.15) is 24.8 Å². The molecule has 0 aliphatic carbocycles. The van der Waals surface area contributed by atoms with Crippen LogP contribution in [0.15, 0.2) is 79.5 Å². The fraction of sp³-hybridized carbons (Fsp3) is 0.200. The first-order valence-corrected chi connectivity index (χ1v) is 12.9. The van der Waals surface area contributed by atoms with E-state index >= 15 is 0 Å². The average molecular weight is 486 g/mol. The van der Waals surface area contributed by atoms with Gasteiger partial charge in [-0.25, -0.2) is 4.98 Å². The molecule has 1 saturated heterocycles. The molecule has 1 aromatic carbocycles. The van der Waals surface area contributed by atoms with Gasteiger partial charge in [0.2, 0.25) is 0 Å². The van der Waals surface area contributed by atoms with Crippen molar-refractivity contribution in [3.63, 3.8) is 0 Å². The van der Waals surface area contributed by atoms with Crippen molar-refractivity contribution in [2.24, 2.45) is 0 Å². The number of fused-ring (bicyclic) bond motifs is 2. The minimum Gasteiger partial charge on any atom is -0.338 e. The lowest BCUT2D eigenvalue weighted by Crippen LogP contribution is -2.29. The highest BCUT2D eigenvalue weighted by molar-refractivity contribution is 6.00. The van der Waals surface area contributed by atoms with Crippen molar-refractivity contribution in [1.29, 1.82) is 0 Å². The highest BCUT2D eigenvalue weighted by atomic mass is 15.1. The third kappa shape index (κ3) is 4.17. The first-order chi connectivity index (χ1) is 18.3. The Kier molecular flexibility index (Phi) is 5.48. The number of hydrogen-bond acceptors (Lipinski definition) is 5. The summed E-state index contributed by atoms with van der Waals surface area (Å²) in [6, 6.07) is 16.9. The Balaban J connectivity index is 1.26. The van der Waals surface area contributed by atoms with Gasteiger partial charge in [-0.1, -0.05) is 12.5 Å². The standard InChI is InChI=1S/C30H27N7/c1-2-12-37(13-3-1)19-20-14-23(18-32-17-20)22-4-5-27-26(15-22)29(36-35-27)28-16-25-24(8-11-33-30(25)34-28)21-6-9-31-10-7-21/h4-11,14-18H,1-3,12-13,19H2,(H,33,34)(H,35,36). The number of piperidine rings is 1. The van der Waals surface area contributed by atoms with E-state index in [1.165, 1.54) is 37.9 Å². The normalized spacial score (nSPS) is 14.5. The van der Waals surface area contributed by atoms with Crippen molar-refractivity contribution in [2.45, 2.75) is 25.8 Å². The molecule has 0 spiro atoms. The van der Waals surface area contributed by atoms with E-state index in [0.29, 0.717) is 0 Å². The molecule has 37 heavy (non-hydrogen) atoms. The summed E-state index contributed by atoms with van der Waals surface area (Å²) in [6.07, 6.45) is 13.3. The number of pyridine rings is 3. The van der Waals surface area contributed by atoms with Crippen LogP contribution in [0.5, 0.6) is 0 Å². The largest absolute Gasteiger partial charge is 0.338 e. The SMILES string of the molecule is c1cc(-c2ccnc3[nH]c(-c4n[nH]c5ccc(-c6cncc(CN7CCCCC7)c6)cc45)cc23)ccn1. The lowest BCUT2D eigenvalue weighted by molar-refractivity contribution is 0.220. The number of hydrogen-bond donors (Lipinski definition) is 2. The summed E-state index contributed by atoms with van der Waals surface area (Å²) in [4.78, 5) is 19.3. The maximum Gasteiger partial charge on any atom is 0.138 e. The summed E-state index contributed by atoms with van der Waals surface area (Å²) in [7, 11) is 0. The molecule has 0 saturated carbocycles. The Labute approximate surface area is 214 Å². The van der Waals surface area contributed by atoms with E-state index in [0.717, 1.165) is 62.1 Å². The first-order valence-electron chi connectivity index (χ1n) is 12.9. The molecular weight excluding hydrogens is 458 g/mol. The first kappa shape index (κ1) is 21.9. The number of nitrogens with one attached hydrogen (secondary N) is 2. The van der Waals surface area contributed by atoms with Gasteiger partial charge in [-0.05, 0) is 90.6 Å². The van der Waals surface area contributed by atoms with Crippen LogP contribution in [-0.4, -0.2) is 48.1 Å². The van der Waals surface area contributed by atoms with Gasteiger partial charge < -0.3 is 4.98 Å². The maximum absolute atomic E-state index is 4.68. The van der Waals surface area contributed by atoms with Crippen molar-refractivity contribution >= 4 is 21.9 Å². The van der Waals surface area contributed by atoms with Crippen molar-refractivity contribution < 1.29 is 0 Å². The van der Waals surface area contributed by atoms with E-state index in [4.69, 9.17) is 0 Å². The van der Waals surface area contributed by atoms with E-state index in [-0.39, 0.29) is 0 Å². The molecule has 6 aromatic rings. The second kappa shape index (κ2) is 9.26. The molecule has 0 bridgehead atoms. The third-order valence-corrected chi connectivity index (χ3v) is 7.32. The molecule has 0 atom stereocenters. The Morgan fingerprint density at radius 2 is 1.65 bits per heavy atom. The summed E-state index contributed by atoms with van der Waals surface area (Å²) in [5.41, 5.74) is 9.40. The van der Waals surface area contributed by atoms with Crippen molar-refractivity contribution in [1.82, 2.24) is 35.0 Å². The molecule has 1 aliphatic rings. The van der Waals surface area contributed by atoms with Crippen molar-refractivity contribution in [3.05, 3.63) is 85.1 Å². The molecule has 182 valence electrons. The van der Waals surface area contributed by atoms with Gasteiger partial charge in [-0.3, -0.25) is 20.0 Å².